The van der Waals surface area contributed by atoms with Crippen LogP contribution in [-0.4, -0.2) is 4.98 Å². The summed E-state index contributed by atoms with van der Waals surface area (Å²) in [6, 6.07) is 3.11. The summed E-state index contributed by atoms with van der Waals surface area (Å²) in [5.74, 6) is -0.331. The van der Waals surface area contributed by atoms with Crippen molar-refractivity contribution in [3.8, 4) is 0 Å². The molecule has 1 aromatic carbocycles. The van der Waals surface area contributed by atoms with Crippen molar-refractivity contribution in [2.75, 3.05) is 0 Å². The van der Waals surface area contributed by atoms with Gasteiger partial charge in [-0.2, -0.15) is 0 Å². The largest absolute Gasteiger partial charge is 0.253 e. The summed E-state index contributed by atoms with van der Waals surface area (Å²) < 4.78 is 14.3. The first kappa shape index (κ1) is 10.1. The maximum atomic E-state index is 13.4. The molecule has 0 N–H and O–H groups in total. The van der Waals surface area contributed by atoms with E-state index >= 15 is 0 Å². The Morgan fingerprint density at radius 3 is 2.86 bits per heavy atom. The zero-order chi connectivity index (χ0) is 10.3. The molecule has 1 heterocycles. The second-order valence-electron chi connectivity index (χ2n) is 3.01. The number of aryl methyl sites for hydroxylation is 1. The maximum Gasteiger partial charge on any atom is 0.149 e. The molecule has 0 atom stereocenters. The topological polar surface area (TPSA) is 12.9 Å². The summed E-state index contributed by atoms with van der Waals surface area (Å²) in [6.07, 6.45) is 1.59. The van der Waals surface area contributed by atoms with Gasteiger partial charge in [-0.05, 0) is 47.2 Å². The van der Waals surface area contributed by atoms with Crippen molar-refractivity contribution in [3.63, 3.8) is 0 Å². The van der Waals surface area contributed by atoms with Gasteiger partial charge in [-0.25, -0.2) is 4.39 Å². The Hall–Kier alpha value is -0.420. The molecule has 0 bridgehead atoms. The molecule has 1 nitrogen and oxygen atoms in total. The first-order valence-corrected chi connectivity index (χ1v) is 5.45. The van der Waals surface area contributed by atoms with Gasteiger partial charge < -0.3 is 0 Å². The lowest BCUT2D eigenvalue weighted by Crippen LogP contribution is -1.90. The minimum absolute atomic E-state index is 0.331. The summed E-state index contributed by atoms with van der Waals surface area (Å²) in [6.45, 7) is 1.86. The van der Waals surface area contributed by atoms with Crippen molar-refractivity contribution in [1.29, 1.82) is 0 Å². The molecule has 0 fully saturated rings. The number of hydrogen-bond donors (Lipinski definition) is 0. The average Bonchev–Trinajstić information content (AvgIpc) is 2.16. The van der Waals surface area contributed by atoms with E-state index in [9.17, 15) is 4.39 Å². The molecule has 0 aliphatic rings. The lowest BCUT2D eigenvalue weighted by Gasteiger charge is -2.05. The van der Waals surface area contributed by atoms with E-state index in [1.54, 1.807) is 12.3 Å². The van der Waals surface area contributed by atoms with Crippen molar-refractivity contribution in [2.45, 2.75) is 6.92 Å². The fourth-order valence-corrected chi connectivity index (χ4v) is 2.40. The van der Waals surface area contributed by atoms with Crippen molar-refractivity contribution in [1.82, 2.24) is 4.98 Å². The summed E-state index contributed by atoms with van der Waals surface area (Å²) in [4.78, 5) is 4.04. The number of nitrogens with zero attached hydrogens (tertiary/aromatic N) is 1. The highest BCUT2D eigenvalue weighted by atomic mass is 127. The Morgan fingerprint density at radius 2 is 2.14 bits per heavy atom. The molecule has 14 heavy (non-hydrogen) atoms. The second kappa shape index (κ2) is 3.62. The van der Waals surface area contributed by atoms with Crippen LogP contribution < -0.4 is 0 Å². The zero-order valence-electron chi connectivity index (χ0n) is 7.31. The van der Waals surface area contributed by atoms with Crippen molar-refractivity contribution < 1.29 is 4.39 Å². The Labute approximate surface area is 99.4 Å². The minimum Gasteiger partial charge on any atom is -0.253 e. The second-order valence-corrected chi connectivity index (χ2v) is 4.55. The van der Waals surface area contributed by atoms with Crippen LogP contribution in [0.3, 0.4) is 0 Å². The predicted octanol–water partition coefficient (Wildman–Crippen LogP) is 3.94. The van der Waals surface area contributed by atoms with Gasteiger partial charge in [-0.3, -0.25) is 4.98 Å². The van der Waals surface area contributed by atoms with E-state index in [4.69, 9.17) is 11.6 Å². The Balaban J connectivity index is 3.01. The Kier molecular flexibility index (Phi) is 2.62. The van der Waals surface area contributed by atoms with Crippen molar-refractivity contribution >= 4 is 45.1 Å². The van der Waals surface area contributed by atoms with Crippen LogP contribution in [0.25, 0.3) is 10.9 Å². The SMILES string of the molecule is Cc1cnc2c(F)ccc(I)c2c1Cl. The van der Waals surface area contributed by atoms with Gasteiger partial charge in [-0.1, -0.05) is 11.6 Å². The van der Waals surface area contributed by atoms with Gasteiger partial charge >= 0.3 is 0 Å². The normalized spacial score (nSPS) is 10.9. The maximum absolute atomic E-state index is 13.4. The van der Waals surface area contributed by atoms with Crippen molar-refractivity contribution in [3.05, 3.63) is 38.3 Å². The standard InChI is InChI=1S/C10H6ClFIN/c1-5-4-14-10-6(12)2-3-7(13)8(10)9(5)11/h2-4H,1H3. The number of aromatic nitrogens is 1. The van der Waals surface area contributed by atoms with Gasteiger partial charge in [0.15, 0.2) is 0 Å². The Bertz CT molecular complexity index is 513. The molecular weight excluding hydrogens is 315 g/mol. The molecular formula is C10H6ClFIN. The third-order valence-electron chi connectivity index (χ3n) is 2.03. The molecule has 0 aliphatic heterocycles. The zero-order valence-corrected chi connectivity index (χ0v) is 10.2. The molecule has 72 valence electrons. The van der Waals surface area contributed by atoms with Gasteiger partial charge in [-0.15, -0.1) is 0 Å². The number of benzene rings is 1. The third-order valence-corrected chi connectivity index (χ3v) is 3.42. The van der Waals surface area contributed by atoms with Gasteiger partial charge in [0.05, 0.1) is 5.02 Å². The van der Waals surface area contributed by atoms with Crippen molar-refractivity contribution in [2.24, 2.45) is 0 Å². The molecule has 4 heteroatoms. The average molecular weight is 322 g/mol. The molecule has 0 radical (unpaired) electrons. The highest BCUT2D eigenvalue weighted by Crippen LogP contribution is 2.30. The molecule has 0 aliphatic carbocycles. The summed E-state index contributed by atoms with van der Waals surface area (Å²) in [5, 5.41) is 1.28. The molecule has 0 saturated carbocycles. The summed E-state index contributed by atoms with van der Waals surface area (Å²) in [5.41, 5.74) is 1.20. The van der Waals surface area contributed by atoms with Gasteiger partial charge in [0.1, 0.15) is 11.3 Å². The monoisotopic (exact) mass is 321 g/mol. The number of pyridine rings is 1. The van der Waals surface area contributed by atoms with Crippen LogP contribution in [0.5, 0.6) is 0 Å². The molecule has 0 amide bonds. The molecule has 0 saturated heterocycles. The number of rotatable bonds is 0. The van der Waals surface area contributed by atoms with E-state index < -0.39 is 0 Å². The van der Waals surface area contributed by atoms with Crippen LogP contribution in [0.15, 0.2) is 18.3 Å². The summed E-state index contributed by atoms with van der Waals surface area (Å²) in [7, 11) is 0. The van der Waals surface area contributed by atoms with Crippen LogP contribution in [0.2, 0.25) is 5.02 Å². The first-order chi connectivity index (χ1) is 6.61. The number of hydrogen-bond acceptors (Lipinski definition) is 1. The molecule has 0 unspecified atom stereocenters. The van der Waals surface area contributed by atoms with Crippen LogP contribution in [-0.2, 0) is 0 Å². The highest BCUT2D eigenvalue weighted by Gasteiger charge is 2.10. The van der Waals surface area contributed by atoms with E-state index in [2.05, 4.69) is 27.6 Å². The van der Waals surface area contributed by atoms with Crippen LogP contribution in [0, 0.1) is 16.3 Å². The molecule has 2 aromatic rings. The smallest absolute Gasteiger partial charge is 0.149 e. The number of halogens is 3. The molecule has 0 spiro atoms. The molecule has 1 aromatic heterocycles. The Morgan fingerprint density at radius 1 is 1.43 bits per heavy atom. The van der Waals surface area contributed by atoms with E-state index in [1.807, 2.05) is 6.92 Å². The van der Waals surface area contributed by atoms with Gasteiger partial charge in [0.2, 0.25) is 0 Å². The van der Waals surface area contributed by atoms with Crippen LogP contribution in [0.1, 0.15) is 5.56 Å². The molecule has 2 rings (SSSR count). The quantitative estimate of drug-likeness (QED) is 0.670. The van der Waals surface area contributed by atoms with Crippen LogP contribution >= 0.6 is 34.2 Å². The van der Waals surface area contributed by atoms with E-state index in [-0.39, 0.29) is 5.82 Å². The predicted molar refractivity (Wildman–Crippen MR) is 64.2 cm³/mol. The van der Waals surface area contributed by atoms with Crippen LogP contribution in [0.4, 0.5) is 4.39 Å². The first-order valence-electron chi connectivity index (χ1n) is 4.00. The highest BCUT2D eigenvalue weighted by molar-refractivity contribution is 14.1. The lowest BCUT2D eigenvalue weighted by atomic mass is 10.1. The summed E-state index contributed by atoms with van der Waals surface area (Å²) >= 11 is 8.22. The van der Waals surface area contributed by atoms with Gasteiger partial charge in [0, 0.05) is 15.2 Å². The van der Waals surface area contributed by atoms with Gasteiger partial charge in [0.25, 0.3) is 0 Å². The van der Waals surface area contributed by atoms with E-state index in [0.717, 1.165) is 9.13 Å². The number of fused-ring (bicyclic) bond motifs is 1. The van der Waals surface area contributed by atoms with E-state index in [1.165, 1.54) is 6.07 Å². The lowest BCUT2D eigenvalue weighted by molar-refractivity contribution is 0.636. The minimum atomic E-state index is -0.331. The van der Waals surface area contributed by atoms with E-state index in [0.29, 0.717) is 15.9 Å². The third kappa shape index (κ3) is 1.48. The fraction of sp³-hybridized carbons (Fsp3) is 0.100. The fourth-order valence-electron chi connectivity index (χ4n) is 1.29.